The van der Waals surface area contributed by atoms with Crippen molar-refractivity contribution in [2.24, 2.45) is 0 Å². The minimum absolute atomic E-state index is 0.00668. The van der Waals surface area contributed by atoms with Crippen molar-refractivity contribution in [1.29, 1.82) is 0 Å². The third-order valence-electron chi connectivity index (χ3n) is 13.9. The first-order valence-corrected chi connectivity index (χ1v) is 21.7. The van der Waals surface area contributed by atoms with E-state index in [1.54, 1.807) is 0 Å². The second-order valence-corrected chi connectivity index (χ2v) is 22.4. The molecule has 0 fully saturated rings. The van der Waals surface area contributed by atoms with Crippen LogP contribution in [0.4, 0.5) is 34.1 Å². The van der Waals surface area contributed by atoms with Crippen molar-refractivity contribution < 1.29 is 4.42 Å². The van der Waals surface area contributed by atoms with Crippen molar-refractivity contribution in [3.63, 3.8) is 0 Å². The standard InChI is InChI=1S/C54H63BN2O/c1-32-26-44-47-45(27-32)57(43-31-40-39(28-33(43)2)53(12,13)24-25-54(40,14)15)42-23-19-35(51(6,7)8)29-41(42)55(47)49-48(38-22-18-36(52(9,10)11)30-46(38)58-49)56(44)37-20-16-34(17-21-37)50(3,4)5/h16-23,26-31H,24-25H2,1-15H3. The molecule has 9 rings (SSSR count). The SMILES string of the molecule is Cc1cc2c3c(c1)N(c1ccc(C(C)(C)C)cc1)c1c(oc4cc(C(C)(C)C)ccc14)B3c1cc(C(C)(C)C)ccc1N2c1cc2c(cc1C)C(C)(C)CCC2(C)C. The van der Waals surface area contributed by atoms with E-state index < -0.39 is 0 Å². The summed E-state index contributed by atoms with van der Waals surface area (Å²) in [5.74, 6) is 0. The molecule has 2 aliphatic heterocycles. The fourth-order valence-electron chi connectivity index (χ4n) is 10.1. The summed E-state index contributed by atoms with van der Waals surface area (Å²) in [7, 11) is 0. The summed E-state index contributed by atoms with van der Waals surface area (Å²) in [6.45, 7) is 35.0. The summed E-state index contributed by atoms with van der Waals surface area (Å²) in [5.41, 5.74) is 21.6. The number of fused-ring (bicyclic) bond motifs is 7. The molecule has 1 aliphatic carbocycles. The van der Waals surface area contributed by atoms with Crippen molar-refractivity contribution in [3.05, 3.63) is 124 Å². The van der Waals surface area contributed by atoms with Crippen LogP contribution in [0.1, 0.15) is 142 Å². The molecule has 4 heteroatoms. The molecule has 0 N–H and O–H groups in total. The molecule has 58 heavy (non-hydrogen) atoms. The number of rotatable bonds is 2. The van der Waals surface area contributed by atoms with Crippen LogP contribution in [0.5, 0.6) is 0 Å². The lowest BCUT2D eigenvalue weighted by atomic mass is 9.35. The van der Waals surface area contributed by atoms with E-state index in [0.717, 1.165) is 28.0 Å². The Kier molecular flexibility index (Phi) is 8.31. The minimum atomic E-state index is -0.0851. The van der Waals surface area contributed by atoms with Crippen molar-refractivity contribution >= 4 is 68.4 Å². The number of benzene rings is 5. The molecule has 5 aromatic carbocycles. The van der Waals surface area contributed by atoms with Gasteiger partial charge in [0.15, 0.2) is 0 Å². The van der Waals surface area contributed by atoms with Gasteiger partial charge in [0, 0.05) is 33.8 Å². The molecule has 0 atom stereocenters. The highest BCUT2D eigenvalue weighted by Gasteiger charge is 2.48. The summed E-state index contributed by atoms with van der Waals surface area (Å²) in [4.78, 5) is 5.14. The van der Waals surface area contributed by atoms with Gasteiger partial charge in [-0.3, -0.25) is 0 Å². The number of hydrogen-bond donors (Lipinski definition) is 0. The maximum Gasteiger partial charge on any atom is 0.297 e. The van der Waals surface area contributed by atoms with E-state index in [9.17, 15) is 0 Å². The molecule has 3 aliphatic rings. The third kappa shape index (κ3) is 5.90. The normalized spacial score (nSPS) is 16.9. The van der Waals surface area contributed by atoms with Gasteiger partial charge >= 0.3 is 0 Å². The smallest absolute Gasteiger partial charge is 0.297 e. The average Bonchev–Trinajstić information content (AvgIpc) is 3.51. The Labute approximate surface area is 348 Å². The van der Waals surface area contributed by atoms with Gasteiger partial charge in [-0.25, -0.2) is 0 Å². The monoisotopic (exact) mass is 767 g/mol. The summed E-state index contributed by atoms with van der Waals surface area (Å²) in [6, 6.07) is 33.5. The van der Waals surface area contributed by atoms with Crippen molar-refractivity contribution in [2.45, 2.75) is 144 Å². The Morgan fingerprint density at radius 1 is 0.552 bits per heavy atom. The first-order chi connectivity index (χ1) is 27.0. The average molecular weight is 767 g/mol. The number of nitrogens with zero attached hydrogens (tertiary/aromatic N) is 2. The molecular formula is C54H63BN2O. The maximum absolute atomic E-state index is 7.35. The van der Waals surface area contributed by atoms with Crippen LogP contribution < -0.4 is 26.4 Å². The van der Waals surface area contributed by atoms with E-state index in [1.807, 2.05) is 0 Å². The topological polar surface area (TPSA) is 19.6 Å². The number of hydrogen-bond acceptors (Lipinski definition) is 3. The molecule has 0 saturated carbocycles. The van der Waals surface area contributed by atoms with Crippen molar-refractivity contribution in [2.75, 3.05) is 9.80 Å². The van der Waals surface area contributed by atoms with E-state index in [2.05, 4.69) is 199 Å². The van der Waals surface area contributed by atoms with Gasteiger partial charge in [0.25, 0.3) is 6.71 Å². The Hall–Kier alpha value is -4.70. The van der Waals surface area contributed by atoms with Gasteiger partial charge in [0.05, 0.1) is 11.3 Å². The molecule has 1 aromatic heterocycles. The molecule has 0 saturated heterocycles. The van der Waals surface area contributed by atoms with Crippen LogP contribution in [0.25, 0.3) is 11.0 Å². The zero-order valence-corrected chi connectivity index (χ0v) is 37.9. The molecule has 0 amide bonds. The van der Waals surface area contributed by atoms with E-state index in [0.29, 0.717) is 0 Å². The number of furan rings is 1. The Morgan fingerprint density at radius 3 is 1.69 bits per heavy atom. The summed E-state index contributed by atoms with van der Waals surface area (Å²) in [5, 5.41) is 1.16. The molecule has 0 unspecified atom stereocenters. The molecule has 0 spiro atoms. The molecule has 3 heterocycles. The van der Waals surface area contributed by atoms with E-state index in [1.165, 1.54) is 85.5 Å². The molecule has 298 valence electrons. The molecule has 0 bridgehead atoms. The maximum atomic E-state index is 7.35. The van der Waals surface area contributed by atoms with Gasteiger partial charge in [-0.2, -0.15) is 0 Å². The van der Waals surface area contributed by atoms with Gasteiger partial charge in [-0.15, -0.1) is 0 Å². The first-order valence-electron chi connectivity index (χ1n) is 21.7. The van der Waals surface area contributed by atoms with Crippen LogP contribution in [0.3, 0.4) is 0 Å². The van der Waals surface area contributed by atoms with Crippen LogP contribution in [0.15, 0.2) is 89.3 Å². The first kappa shape index (κ1) is 38.8. The number of anilines is 6. The van der Waals surface area contributed by atoms with Gasteiger partial charge in [-0.1, -0.05) is 126 Å². The van der Waals surface area contributed by atoms with Crippen LogP contribution >= 0.6 is 0 Å². The van der Waals surface area contributed by atoms with Crippen molar-refractivity contribution in [1.82, 2.24) is 0 Å². The fraction of sp³-hybridized carbons (Fsp3) is 0.407. The molecular weight excluding hydrogens is 703 g/mol. The van der Waals surface area contributed by atoms with Gasteiger partial charge in [0.2, 0.25) is 0 Å². The predicted molar refractivity (Wildman–Crippen MR) is 251 cm³/mol. The summed E-state index contributed by atoms with van der Waals surface area (Å²) >= 11 is 0. The molecule has 3 nitrogen and oxygen atoms in total. The lowest BCUT2D eigenvalue weighted by molar-refractivity contribution is 0.332. The Balaban J connectivity index is 1.39. The summed E-state index contributed by atoms with van der Waals surface area (Å²) < 4.78 is 7.35. The quantitative estimate of drug-likeness (QED) is 0.163. The van der Waals surface area contributed by atoms with Gasteiger partial charge in [0.1, 0.15) is 5.58 Å². The highest BCUT2D eigenvalue weighted by atomic mass is 16.3. The van der Waals surface area contributed by atoms with Crippen LogP contribution in [-0.4, -0.2) is 6.71 Å². The molecule has 6 aromatic rings. The van der Waals surface area contributed by atoms with Crippen LogP contribution in [0.2, 0.25) is 0 Å². The Morgan fingerprint density at radius 2 is 1.09 bits per heavy atom. The highest BCUT2D eigenvalue weighted by molar-refractivity contribution is 7.00. The second kappa shape index (κ2) is 12.4. The van der Waals surface area contributed by atoms with E-state index in [4.69, 9.17) is 4.42 Å². The second-order valence-electron chi connectivity index (χ2n) is 22.4. The minimum Gasteiger partial charge on any atom is -0.468 e. The zero-order chi connectivity index (χ0) is 41.6. The third-order valence-corrected chi connectivity index (χ3v) is 13.9. The largest absolute Gasteiger partial charge is 0.468 e. The molecule has 0 radical (unpaired) electrons. The predicted octanol–water partition coefficient (Wildman–Crippen LogP) is 13.4. The van der Waals surface area contributed by atoms with E-state index in [-0.39, 0.29) is 33.8 Å². The fourth-order valence-corrected chi connectivity index (χ4v) is 10.1. The van der Waals surface area contributed by atoms with Crippen LogP contribution in [-0.2, 0) is 27.1 Å². The van der Waals surface area contributed by atoms with E-state index >= 15 is 0 Å². The zero-order valence-electron chi connectivity index (χ0n) is 37.9. The van der Waals surface area contributed by atoms with Gasteiger partial charge in [-0.05, 0) is 152 Å². The van der Waals surface area contributed by atoms with Gasteiger partial charge < -0.3 is 14.2 Å². The summed E-state index contributed by atoms with van der Waals surface area (Å²) in [6.07, 6.45) is 2.38. The highest BCUT2D eigenvalue weighted by Crippen LogP contribution is 2.52. The van der Waals surface area contributed by atoms with Crippen molar-refractivity contribution in [3.8, 4) is 0 Å². The lowest BCUT2D eigenvalue weighted by Gasteiger charge is -2.45. The lowest BCUT2D eigenvalue weighted by Crippen LogP contribution is -2.61. The van der Waals surface area contributed by atoms with Crippen LogP contribution in [0, 0.1) is 13.8 Å². The number of aryl methyl sites for hydroxylation is 2. The Bertz CT molecular complexity index is 2650.